The van der Waals surface area contributed by atoms with Crippen LogP contribution in [0.4, 0.5) is 5.13 Å². The van der Waals surface area contributed by atoms with E-state index in [1.54, 1.807) is 26.4 Å². The van der Waals surface area contributed by atoms with Crippen molar-refractivity contribution < 1.29 is 14.3 Å². The third kappa shape index (κ3) is 4.05. The fraction of sp³-hybridized carbons (Fsp3) is 0.412. The predicted octanol–water partition coefficient (Wildman–Crippen LogP) is 2.96. The van der Waals surface area contributed by atoms with Gasteiger partial charge in [-0.05, 0) is 38.3 Å². The summed E-state index contributed by atoms with van der Waals surface area (Å²) in [6, 6.07) is 3.60. The van der Waals surface area contributed by atoms with Crippen molar-refractivity contribution in [2.45, 2.75) is 32.2 Å². The second-order valence-corrected chi connectivity index (χ2v) is 6.94. The molecular formula is C17H22ClN3O3S. The van der Waals surface area contributed by atoms with E-state index in [4.69, 9.17) is 15.2 Å². The van der Waals surface area contributed by atoms with Gasteiger partial charge in [0.1, 0.15) is 11.5 Å². The second kappa shape index (κ2) is 8.03. The Bertz CT molecular complexity index is 753. The third-order valence-electron chi connectivity index (χ3n) is 4.21. The van der Waals surface area contributed by atoms with E-state index in [1.807, 2.05) is 6.92 Å². The van der Waals surface area contributed by atoms with Crippen molar-refractivity contribution in [1.82, 2.24) is 4.98 Å². The van der Waals surface area contributed by atoms with Crippen LogP contribution >= 0.6 is 23.7 Å². The maximum absolute atomic E-state index is 12.6. The smallest absolute Gasteiger partial charge is 0.257 e. The lowest BCUT2D eigenvalue weighted by atomic mass is 9.99. The summed E-state index contributed by atoms with van der Waals surface area (Å²) in [5, 5.41) is 3.48. The summed E-state index contributed by atoms with van der Waals surface area (Å²) in [5.74, 6) is 0.995. The van der Waals surface area contributed by atoms with Crippen molar-refractivity contribution in [3.63, 3.8) is 0 Å². The quantitative estimate of drug-likeness (QED) is 0.847. The number of amides is 1. The van der Waals surface area contributed by atoms with E-state index in [-0.39, 0.29) is 24.4 Å². The zero-order valence-electron chi connectivity index (χ0n) is 14.4. The van der Waals surface area contributed by atoms with Crippen molar-refractivity contribution >= 4 is 34.8 Å². The molecular weight excluding hydrogens is 362 g/mol. The molecule has 1 aliphatic rings. The molecule has 0 saturated heterocycles. The normalized spacial score (nSPS) is 15.8. The molecule has 0 aliphatic heterocycles. The van der Waals surface area contributed by atoms with Gasteiger partial charge in [-0.15, -0.1) is 23.7 Å². The van der Waals surface area contributed by atoms with E-state index in [9.17, 15) is 4.79 Å². The fourth-order valence-corrected chi connectivity index (χ4v) is 3.94. The average Bonchev–Trinajstić information content (AvgIpc) is 2.96. The number of rotatable bonds is 4. The Balaban J connectivity index is 0.00000225. The lowest BCUT2D eigenvalue weighted by molar-refractivity contribution is 0.102. The average molecular weight is 384 g/mol. The van der Waals surface area contributed by atoms with Crippen molar-refractivity contribution in [3.8, 4) is 11.5 Å². The van der Waals surface area contributed by atoms with Crippen LogP contribution in [0.3, 0.4) is 0 Å². The number of carbonyl (C=O) groups is 1. The molecule has 1 aromatic heterocycles. The molecule has 8 heteroatoms. The van der Waals surface area contributed by atoms with Crippen molar-refractivity contribution in [1.29, 1.82) is 0 Å². The van der Waals surface area contributed by atoms with Crippen molar-refractivity contribution in [2.24, 2.45) is 5.73 Å². The number of nitrogens with two attached hydrogens (primary N) is 1. The van der Waals surface area contributed by atoms with Crippen LogP contribution in [0.15, 0.2) is 12.1 Å². The first-order chi connectivity index (χ1) is 11.5. The highest BCUT2D eigenvalue weighted by molar-refractivity contribution is 7.15. The van der Waals surface area contributed by atoms with Gasteiger partial charge in [0.25, 0.3) is 5.91 Å². The molecule has 1 heterocycles. The summed E-state index contributed by atoms with van der Waals surface area (Å²) in [5.41, 5.74) is 8.37. The van der Waals surface area contributed by atoms with Gasteiger partial charge >= 0.3 is 0 Å². The molecule has 0 saturated carbocycles. The number of nitrogens with zero attached hydrogens (tertiary/aromatic N) is 1. The molecule has 1 aromatic carbocycles. The Morgan fingerprint density at radius 3 is 2.56 bits per heavy atom. The highest BCUT2D eigenvalue weighted by atomic mass is 35.5. The summed E-state index contributed by atoms with van der Waals surface area (Å²) in [6.07, 6.45) is 2.64. The number of hydrogen-bond acceptors (Lipinski definition) is 6. The van der Waals surface area contributed by atoms with Crippen LogP contribution in [0, 0.1) is 6.92 Å². The number of thiazole rings is 1. The van der Waals surface area contributed by atoms with Gasteiger partial charge in [0, 0.05) is 22.0 Å². The summed E-state index contributed by atoms with van der Waals surface area (Å²) in [4.78, 5) is 18.3. The number of fused-ring (bicyclic) bond motifs is 1. The second-order valence-electron chi connectivity index (χ2n) is 5.85. The topological polar surface area (TPSA) is 86.5 Å². The Morgan fingerprint density at radius 2 is 1.96 bits per heavy atom. The van der Waals surface area contributed by atoms with Gasteiger partial charge in [0.05, 0.1) is 19.9 Å². The molecule has 3 N–H and O–H groups in total. The van der Waals surface area contributed by atoms with Crippen LogP contribution in [-0.2, 0) is 12.8 Å². The number of benzene rings is 1. The molecule has 0 radical (unpaired) electrons. The van der Waals surface area contributed by atoms with Crippen LogP contribution in [0.2, 0.25) is 0 Å². The van der Waals surface area contributed by atoms with E-state index in [0.717, 1.165) is 30.5 Å². The van der Waals surface area contributed by atoms with E-state index in [2.05, 4.69) is 10.3 Å². The zero-order valence-corrected chi connectivity index (χ0v) is 16.1. The highest BCUT2D eigenvalue weighted by Gasteiger charge is 2.21. The minimum absolute atomic E-state index is 0. The number of methoxy groups -OCH3 is 2. The first-order valence-corrected chi connectivity index (χ1v) is 8.61. The van der Waals surface area contributed by atoms with Gasteiger partial charge < -0.3 is 15.2 Å². The van der Waals surface area contributed by atoms with E-state index in [1.165, 1.54) is 16.2 Å². The van der Waals surface area contributed by atoms with Gasteiger partial charge in [0.2, 0.25) is 0 Å². The molecule has 6 nitrogen and oxygen atoms in total. The monoisotopic (exact) mass is 383 g/mol. The minimum atomic E-state index is -0.234. The molecule has 25 heavy (non-hydrogen) atoms. The molecule has 0 unspecified atom stereocenters. The van der Waals surface area contributed by atoms with Crippen LogP contribution in [0.1, 0.15) is 32.9 Å². The Labute approximate surface area is 157 Å². The van der Waals surface area contributed by atoms with Crippen molar-refractivity contribution in [2.75, 3.05) is 19.5 Å². The molecule has 1 atom stereocenters. The van der Waals surface area contributed by atoms with Gasteiger partial charge in [-0.2, -0.15) is 0 Å². The Kier molecular flexibility index (Phi) is 6.26. The number of nitrogens with one attached hydrogen (secondary N) is 1. The molecule has 1 aliphatic carbocycles. The molecule has 0 fully saturated rings. The van der Waals surface area contributed by atoms with E-state index < -0.39 is 0 Å². The number of halogens is 1. The number of aryl methyl sites for hydroxylation is 1. The molecule has 0 bridgehead atoms. The number of carbonyl (C=O) groups excluding carboxylic acids is 1. The van der Waals surface area contributed by atoms with E-state index in [0.29, 0.717) is 22.2 Å². The maximum Gasteiger partial charge on any atom is 0.257 e. The van der Waals surface area contributed by atoms with Gasteiger partial charge in [-0.3, -0.25) is 10.1 Å². The van der Waals surface area contributed by atoms with Crippen LogP contribution in [-0.4, -0.2) is 31.2 Å². The first kappa shape index (κ1) is 19.5. The van der Waals surface area contributed by atoms with Crippen LogP contribution < -0.4 is 20.5 Å². The zero-order chi connectivity index (χ0) is 17.3. The number of ether oxygens (including phenoxy) is 2. The van der Waals surface area contributed by atoms with Gasteiger partial charge in [-0.25, -0.2) is 4.98 Å². The third-order valence-corrected chi connectivity index (χ3v) is 5.25. The summed E-state index contributed by atoms with van der Waals surface area (Å²) in [7, 11) is 3.14. The fourth-order valence-electron chi connectivity index (χ4n) is 2.84. The summed E-state index contributed by atoms with van der Waals surface area (Å²) in [6.45, 7) is 1.89. The Morgan fingerprint density at radius 1 is 1.32 bits per heavy atom. The van der Waals surface area contributed by atoms with Gasteiger partial charge in [0.15, 0.2) is 5.13 Å². The molecule has 0 spiro atoms. The van der Waals surface area contributed by atoms with Crippen molar-refractivity contribution in [3.05, 3.63) is 33.8 Å². The molecule has 3 rings (SSSR count). The maximum atomic E-state index is 12.6. The SMILES string of the molecule is COc1cc(C(=O)Nc2nc3c(s2)C[C@@H](N)CC3)cc(OC)c1C.Cl. The van der Waals surface area contributed by atoms with Crippen LogP contribution in [0.5, 0.6) is 11.5 Å². The lowest BCUT2D eigenvalue weighted by Crippen LogP contribution is -2.27. The summed E-state index contributed by atoms with van der Waals surface area (Å²) >= 11 is 1.50. The molecule has 1 amide bonds. The molecule has 136 valence electrons. The first-order valence-electron chi connectivity index (χ1n) is 7.80. The highest BCUT2D eigenvalue weighted by Crippen LogP contribution is 2.32. The van der Waals surface area contributed by atoms with Crippen LogP contribution in [0.25, 0.3) is 0 Å². The lowest BCUT2D eigenvalue weighted by Gasteiger charge is -2.15. The standard InChI is InChI=1S/C17H21N3O3S.ClH/c1-9-13(22-2)6-10(7-14(9)23-3)16(21)20-17-19-12-5-4-11(18)8-15(12)24-17;/h6-7,11H,4-5,8,18H2,1-3H3,(H,19,20,21);1H/t11-;/m0./s1. The number of hydrogen-bond donors (Lipinski definition) is 2. The number of anilines is 1. The largest absolute Gasteiger partial charge is 0.496 e. The number of aromatic nitrogens is 1. The van der Waals surface area contributed by atoms with Gasteiger partial charge in [-0.1, -0.05) is 0 Å². The van der Waals surface area contributed by atoms with E-state index >= 15 is 0 Å². The predicted molar refractivity (Wildman–Crippen MR) is 102 cm³/mol. The minimum Gasteiger partial charge on any atom is -0.496 e. The summed E-state index contributed by atoms with van der Waals surface area (Å²) < 4.78 is 10.6. The Hall–Kier alpha value is -1.83. The molecule has 2 aromatic rings.